The predicted octanol–water partition coefficient (Wildman–Crippen LogP) is 0.0214. The maximum Gasteiger partial charge on any atom is 0.219 e. The number of carbonyl (C=O) groups is 1. The van der Waals surface area contributed by atoms with Gasteiger partial charge in [0.15, 0.2) is 5.65 Å². The van der Waals surface area contributed by atoms with Gasteiger partial charge in [-0.15, -0.1) is 0 Å². The molecule has 1 fully saturated rings. The van der Waals surface area contributed by atoms with Crippen LogP contribution in [0, 0.1) is 0 Å². The van der Waals surface area contributed by atoms with Crippen molar-refractivity contribution in [2.75, 3.05) is 31.1 Å². The van der Waals surface area contributed by atoms with Crippen LogP contribution in [0.4, 0.5) is 5.82 Å². The van der Waals surface area contributed by atoms with Gasteiger partial charge in [0, 0.05) is 33.1 Å². The largest absolute Gasteiger partial charge is 0.352 e. The first-order valence-electron chi connectivity index (χ1n) is 5.90. The van der Waals surface area contributed by atoms with Crippen molar-refractivity contribution in [2.24, 2.45) is 0 Å². The van der Waals surface area contributed by atoms with Gasteiger partial charge in [0.05, 0.1) is 11.6 Å². The fourth-order valence-electron chi connectivity index (χ4n) is 2.24. The summed E-state index contributed by atoms with van der Waals surface area (Å²) >= 11 is 0. The quantitative estimate of drug-likeness (QED) is 0.767. The van der Waals surface area contributed by atoms with Gasteiger partial charge in [-0.1, -0.05) is 0 Å². The highest BCUT2D eigenvalue weighted by molar-refractivity contribution is 5.86. The molecule has 18 heavy (non-hydrogen) atoms. The van der Waals surface area contributed by atoms with Crippen LogP contribution >= 0.6 is 0 Å². The van der Waals surface area contributed by atoms with E-state index in [1.165, 1.54) is 6.33 Å². The number of H-pyrrole nitrogens is 1. The molecule has 0 spiro atoms. The SMILES string of the molecule is CC(=O)N1CCN(c2ncnc3[nH]ncc23)CC1. The topological polar surface area (TPSA) is 78.0 Å². The first-order valence-corrected chi connectivity index (χ1v) is 5.90. The minimum atomic E-state index is 0.130. The fraction of sp³-hybridized carbons (Fsp3) is 0.455. The third-order valence-electron chi connectivity index (χ3n) is 3.25. The molecule has 0 saturated carbocycles. The monoisotopic (exact) mass is 246 g/mol. The molecule has 0 radical (unpaired) electrons. The first-order chi connectivity index (χ1) is 8.75. The van der Waals surface area contributed by atoms with Crippen molar-refractivity contribution in [1.82, 2.24) is 25.1 Å². The molecule has 0 bridgehead atoms. The number of aromatic nitrogens is 4. The van der Waals surface area contributed by atoms with E-state index in [1.54, 1.807) is 13.1 Å². The standard InChI is InChI=1S/C11H14N6O/c1-8(18)16-2-4-17(5-3-16)11-9-6-14-15-10(9)12-7-13-11/h6-7H,2-5H2,1H3,(H,12,13,14,15). The van der Waals surface area contributed by atoms with Crippen LogP contribution in [0.5, 0.6) is 0 Å². The Labute approximate surface area is 104 Å². The van der Waals surface area contributed by atoms with Crippen LogP contribution in [-0.4, -0.2) is 57.2 Å². The summed E-state index contributed by atoms with van der Waals surface area (Å²) in [5.74, 6) is 1.02. The number of hydrogen-bond donors (Lipinski definition) is 1. The lowest BCUT2D eigenvalue weighted by molar-refractivity contribution is -0.129. The van der Waals surface area contributed by atoms with Crippen molar-refractivity contribution >= 4 is 22.8 Å². The van der Waals surface area contributed by atoms with Crippen LogP contribution in [0.25, 0.3) is 11.0 Å². The van der Waals surface area contributed by atoms with Crippen molar-refractivity contribution in [3.05, 3.63) is 12.5 Å². The Morgan fingerprint density at radius 2 is 2.06 bits per heavy atom. The second-order valence-corrected chi connectivity index (χ2v) is 4.32. The maximum atomic E-state index is 11.3. The zero-order valence-corrected chi connectivity index (χ0v) is 10.1. The molecule has 94 valence electrons. The van der Waals surface area contributed by atoms with Crippen LogP contribution in [-0.2, 0) is 4.79 Å². The highest BCUT2D eigenvalue weighted by Gasteiger charge is 2.21. The van der Waals surface area contributed by atoms with Crippen molar-refractivity contribution in [1.29, 1.82) is 0 Å². The van der Waals surface area contributed by atoms with Crippen molar-refractivity contribution in [3.63, 3.8) is 0 Å². The zero-order valence-electron chi connectivity index (χ0n) is 10.1. The smallest absolute Gasteiger partial charge is 0.219 e. The van der Waals surface area contributed by atoms with Crippen LogP contribution in [0.15, 0.2) is 12.5 Å². The van der Waals surface area contributed by atoms with Gasteiger partial charge in [-0.3, -0.25) is 9.89 Å². The number of nitrogens with one attached hydrogen (secondary N) is 1. The molecule has 3 rings (SSSR count). The van der Waals surface area contributed by atoms with E-state index >= 15 is 0 Å². The van der Waals surface area contributed by atoms with Gasteiger partial charge in [0.2, 0.25) is 5.91 Å². The lowest BCUT2D eigenvalue weighted by Crippen LogP contribution is -2.48. The molecule has 1 aliphatic heterocycles. The van der Waals surface area contributed by atoms with E-state index in [-0.39, 0.29) is 5.91 Å². The number of fused-ring (bicyclic) bond motifs is 1. The van der Waals surface area contributed by atoms with Crippen LogP contribution in [0.1, 0.15) is 6.92 Å². The van der Waals surface area contributed by atoms with Gasteiger partial charge in [-0.2, -0.15) is 5.10 Å². The van der Waals surface area contributed by atoms with Gasteiger partial charge < -0.3 is 9.80 Å². The van der Waals surface area contributed by atoms with E-state index in [2.05, 4.69) is 25.1 Å². The Balaban J connectivity index is 1.84. The molecule has 1 aliphatic rings. The summed E-state index contributed by atoms with van der Waals surface area (Å²) in [5.41, 5.74) is 0.744. The number of anilines is 1. The van der Waals surface area contributed by atoms with E-state index in [9.17, 15) is 4.79 Å². The molecule has 1 amide bonds. The van der Waals surface area contributed by atoms with Gasteiger partial charge in [-0.25, -0.2) is 9.97 Å². The summed E-state index contributed by atoms with van der Waals surface area (Å²) in [5, 5.41) is 7.74. The molecule has 0 unspecified atom stereocenters. The molecule has 0 aromatic carbocycles. The highest BCUT2D eigenvalue weighted by atomic mass is 16.2. The van der Waals surface area contributed by atoms with E-state index in [1.807, 2.05) is 4.90 Å². The second kappa shape index (κ2) is 4.25. The third-order valence-corrected chi connectivity index (χ3v) is 3.25. The molecule has 3 heterocycles. The fourth-order valence-corrected chi connectivity index (χ4v) is 2.24. The molecule has 2 aromatic rings. The van der Waals surface area contributed by atoms with Gasteiger partial charge in [-0.05, 0) is 0 Å². The Morgan fingerprint density at radius 3 is 2.78 bits per heavy atom. The Bertz CT molecular complexity index is 572. The Kier molecular flexibility index (Phi) is 2.58. The lowest BCUT2D eigenvalue weighted by atomic mass is 10.3. The van der Waals surface area contributed by atoms with Gasteiger partial charge >= 0.3 is 0 Å². The molecule has 1 saturated heterocycles. The van der Waals surface area contributed by atoms with Crippen molar-refractivity contribution in [3.8, 4) is 0 Å². The van der Waals surface area contributed by atoms with E-state index in [0.717, 1.165) is 43.0 Å². The summed E-state index contributed by atoms with van der Waals surface area (Å²) < 4.78 is 0. The Morgan fingerprint density at radius 1 is 1.28 bits per heavy atom. The highest BCUT2D eigenvalue weighted by Crippen LogP contribution is 2.21. The van der Waals surface area contributed by atoms with Gasteiger partial charge in [0.1, 0.15) is 12.1 Å². The van der Waals surface area contributed by atoms with Crippen LogP contribution in [0.2, 0.25) is 0 Å². The summed E-state index contributed by atoms with van der Waals surface area (Å²) in [4.78, 5) is 23.7. The number of carbonyl (C=O) groups excluding carboxylic acids is 1. The van der Waals surface area contributed by atoms with Crippen LogP contribution in [0.3, 0.4) is 0 Å². The molecule has 0 aliphatic carbocycles. The number of nitrogens with zero attached hydrogens (tertiary/aromatic N) is 5. The summed E-state index contributed by atoms with van der Waals surface area (Å²) in [6.07, 6.45) is 3.27. The second-order valence-electron chi connectivity index (χ2n) is 4.32. The maximum absolute atomic E-state index is 11.3. The predicted molar refractivity (Wildman–Crippen MR) is 66.2 cm³/mol. The van der Waals surface area contributed by atoms with Crippen LogP contribution < -0.4 is 4.90 Å². The number of aromatic amines is 1. The molecule has 7 nitrogen and oxygen atoms in total. The van der Waals surface area contributed by atoms with E-state index in [4.69, 9.17) is 0 Å². The molecular weight excluding hydrogens is 232 g/mol. The molecule has 0 atom stereocenters. The summed E-state index contributed by atoms with van der Waals surface area (Å²) in [6.45, 7) is 4.65. The summed E-state index contributed by atoms with van der Waals surface area (Å²) in [6, 6.07) is 0. The first kappa shape index (κ1) is 10.9. The normalized spacial score (nSPS) is 16.3. The number of piperazine rings is 1. The van der Waals surface area contributed by atoms with Crippen molar-refractivity contribution < 1.29 is 4.79 Å². The minimum absolute atomic E-state index is 0.130. The molecule has 1 N–H and O–H groups in total. The number of rotatable bonds is 1. The average molecular weight is 246 g/mol. The number of amides is 1. The van der Waals surface area contributed by atoms with Crippen molar-refractivity contribution in [2.45, 2.75) is 6.92 Å². The average Bonchev–Trinajstić information content (AvgIpc) is 2.87. The van der Waals surface area contributed by atoms with Gasteiger partial charge in [0.25, 0.3) is 0 Å². The van der Waals surface area contributed by atoms with E-state index in [0.29, 0.717) is 0 Å². The molecule has 7 heteroatoms. The minimum Gasteiger partial charge on any atom is -0.352 e. The molecular formula is C11H14N6O. The number of hydrogen-bond acceptors (Lipinski definition) is 5. The molecule has 2 aromatic heterocycles. The van der Waals surface area contributed by atoms with E-state index < -0.39 is 0 Å². The lowest BCUT2D eigenvalue weighted by Gasteiger charge is -2.34. The summed E-state index contributed by atoms with van der Waals surface area (Å²) in [7, 11) is 0. The zero-order chi connectivity index (χ0) is 12.5. The third kappa shape index (κ3) is 1.77. The Hall–Kier alpha value is -2.18.